The van der Waals surface area contributed by atoms with E-state index < -0.39 is 6.04 Å². The van der Waals surface area contributed by atoms with E-state index in [-0.39, 0.29) is 22.1 Å². The van der Waals surface area contributed by atoms with E-state index in [1.165, 1.54) is 6.07 Å². The van der Waals surface area contributed by atoms with Crippen molar-refractivity contribution in [2.75, 3.05) is 0 Å². The first-order chi connectivity index (χ1) is 6.43. The molecule has 14 heavy (non-hydrogen) atoms. The lowest BCUT2D eigenvalue weighted by Gasteiger charge is -2.09. The van der Waals surface area contributed by atoms with E-state index in [0.717, 1.165) is 5.56 Å². The molecule has 0 aliphatic heterocycles. The van der Waals surface area contributed by atoms with Gasteiger partial charge in [-0.3, -0.25) is 4.79 Å². The van der Waals surface area contributed by atoms with Gasteiger partial charge in [0.15, 0.2) is 5.78 Å². The second-order valence-corrected chi connectivity index (χ2v) is 3.70. The van der Waals surface area contributed by atoms with Crippen LogP contribution in [0.1, 0.15) is 22.8 Å². The van der Waals surface area contributed by atoms with Crippen LogP contribution in [0, 0.1) is 6.92 Å². The monoisotopic (exact) mass is 213 g/mol. The van der Waals surface area contributed by atoms with Gasteiger partial charge in [0.1, 0.15) is 5.75 Å². The van der Waals surface area contributed by atoms with Gasteiger partial charge in [0.25, 0.3) is 0 Å². The SMILES string of the molecule is Cc1cc(O)c(C(=O)C(C)N)c(Cl)c1. The lowest BCUT2D eigenvalue weighted by molar-refractivity contribution is 0.0965. The number of carbonyl (C=O) groups excluding carboxylic acids is 1. The van der Waals surface area contributed by atoms with Crippen LogP contribution in [0.15, 0.2) is 12.1 Å². The van der Waals surface area contributed by atoms with Gasteiger partial charge < -0.3 is 10.8 Å². The van der Waals surface area contributed by atoms with Gasteiger partial charge in [-0.25, -0.2) is 0 Å². The number of phenolic OH excluding ortho intramolecular Hbond substituents is 1. The number of Topliss-reactive ketones (excluding diaryl/α,β-unsaturated/α-hetero) is 1. The number of hydrogen-bond acceptors (Lipinski definition) is 3. The predicted octanol–water partition coefficient (Wildman–Crippen LogP) is 1.88. The molecule has 0 aliphatic carbocycles. The molecule has 0 radical (unpaired) electrons. The Hall–Kier alpha value is -1.06. The summed E-state index contributed by atoms with van der Waals surface area (Å²) in [6, 6.07) is 2.44. The van der Waals surface area contributed by atoms with Crippen LogP contribution in [0.2, 0.25) is 5.02 Å². The van der Waals surface area contributed by atoms with Gasteiger partial charge in [0.05, 0.1) is 16.6 Å². The molecular formula is C10H12ClNO2. The quantitative estimate of drug-likeness (QED) is 0.738. The fourth-order valence-electron chi connectivity index (χ4n) is 1.20. The summed E-state index contributed by atoms with van der Waals surface area (Å²) in [4.78, 5) is 11.5. The first-order valence-electron chi connectivity index (χ1n) is 4.22. The van der Waals surface area contributed by atoms with E-state index in [0.29, 0.717) is 0 Å². The van der Waals surface area contributed by atoms with Gasteiger partial charge in [0, 0.05) is 0 Å². The number of phenols is 1. The number of ketones is 1. The summed E-state index contributed by atoms with van der Waals surface area (Å²) in [7, 11) is 0. The topological polar surface area (TPSA) is 63.3 Å². The van der Waals surface area contributed by atoms with Crippen LogP contribution in [-0.4, -0.2) is 16.9 Å². The van der Waals surface area contributed by atoms with Crippen molar-refractivity contribution < 1.29 is 9.90 Å². The molecule has 0 fully saturated rings. The minimum absolute atomic E-state index is 0.104. The molecule has 0 saturated heterocycles. The summed E-state index contributed by atoms with van der Waals surface area (Å²) in [5.74, 6) is -0.468. The summed E-state index contributed by atoms with van der Waals surface area (Å²) in [6.07, 6.45) is 0. The normalized spacial score (nSPS) is 12.6. The van der Waals surface area contributed by atoms with Gasteiger partial charge >= 0.3 is 0 Å². The zero-order valence-electron chi connectivity index (χ0n) is 8.04. The molecule has 0 aromatic heterocycles. The molecule has 1 unspecified atom stereocenters. The number of aromatic hydroxyl groups is 1. The second-order valence-electron chi connectivity index (χ2n) is 3.29. The minimum Gasteiger partial charge on any atom is -0.507 e. The van der Waals surface area contributed by atoms with E-state index in [1.807, 2.05) is 0 Å². The highest BCUT2D eigenvalue weighted by molar-refractivity contribution is 6.34. The Morgan fingerprint density at radius 2 is 2.14 bits per heavy atom. The number of rotatable bonds is 2. The third-order valence-corrected chi connectivity index (χ3v) is 2.17. The maximum absolute atomic E-state index is 11.5. The molecule has 0 aliphatic rings. The lowest BCUT2D eigenvalue weighted by atomic mass is 10.0. The number of nitrogens with two attached hydrogens (primary N) is 1. The summed E-state index contributed by atoms with van der Waals surface area (Å²) in [5, 5.41) is 9.77. The van der Waals surface area contributed by atoms with Crippen molar-refractivity contribution in [3.8, 4) is 5.75 Å². The van der Waals surface area contributed by atoms with Crippen LogP contribution < -0.4 is 5.73 Å². The van der Waals surface area contributed by atoms with Gasteiger partial charge in [-0.05, 0) is 31.5 Å². The molecule has 0 spiro atoms. The first-order valence-corrected chi connectivity index (χ1v) is 4.60. The standard InChI is InChI=1S/C10H12ClNO2/c1-5-3-7(11)9(8(13)4-5)10(14)6(2)12/h3-4,6,13H,12H2,1-2H3. The molecule has 3 nitrogen and oxygen atoms in total. The van der Waals surface area contributed by atoms with E-state index in [4.69, 9.17) is 17.3 Å². The number of hydrogen-bond donors (Lipinski definition) is 2. The molecule has 3 N–H and O–H groups in total. The van der Waals surface area contributed by atoms with E-state index in [2.05, 4.69) is 0 Å². The molecule has 76 valence electrons. The van der Waals surface area contributed by atoms with Crippen LogP contribution >= 0.6 is 11.6 Å². The van der Waals surface area contributed by atoms with E-state index >= 15 is 0 Å². The third-order valence-electron chi connectivity index (χ3n) is 1.87. The van der Waals surface area contributed by atoms with Crippen molar-refractivity contribution in [3.63, 3.8) is 0 Å². The molecular weight excluding hydrogens is 202 g/mol. The zero-order chi connectivity index (χ0) is 10.9. The molecule has 0 saturated carbocycles. The minimum atomic E-state index is -0.666. The Labute approximate surface area is 87.5 Å². The van der Waals surface area contributed by atoms with Crippen LogP contribution in [0.5, 0.6) is 5.75 Å². The van der Waals surface area contributed by atoms with Crippen molar-refractivity contribution in [2.24, 2.45) is 5.73 Å². The molecule has 4 heteroatoms. The van der Waals surface area contributed by atoms with E-state index in [1.54, 1.807) is 19.9 Å². The summed E-state index contributed by atoms with van der Waals surface area (Å²) < 4.78 is 0. The van der Waals surface area contributed by atoms with Gasteiger partial charge in [-0.1, -0.05) is 11.6 Å². The van der Waals surface area contributed by atoms with Gasteiger partial charge in [0.2, 0.25) is 0 Å². The average Bonchev–Trinajstić information content (AvgIpc) is 2.01. The largest absolute Gasteiger partial charge is 0.507 e. The fourth-order valence-corrected chi connectivity index (χ4v) is 1.56. The highest BCUT2D eigenvalue weighted by atomic mass is 35.5. The van der Waals surface area contributed by atoms with Crippen molar-refractivity contribution in [1.29, 1.82) is 0 Å². The molecule has 1 aromatic rings. The maximum Gasteiger partial charge on any atom is 0.184 e. The van der Waals surface area contributed by atoms with Crippen molar-refractivity contribution in [2.45, 2.75) is 19.9 Å². The van der Waals surface area contributed by atoms with Crippen molar-refractivity contribution >= 4 is 17.4 Å². The van der Waals surface area contributed by atoms with Gasteiger partial charge in [-0.2, -0.15) is 0 Å². The molecule has 0 heterocycles. The van der Waals surface area contributed by atoms with Crippen LogP contribution in [0.25, 0.3) is 0 Å². The Morgan fingerprint density at radius 1 is 1.57 bits per heavy atom. The summed E-state index contributed by atoms with van der Waals surface area (Å²) >= 11 is 5.84. The average molecular weight is 214 g/mol. The van der Waals surface area contributed by atoms with Crippen LogP contribution in [0.4, 0.5) is 0 Å². The van der Waals surface area contributed by atoms with Crippen molar-refractivity contribution in [1.82, 2.24) is 0 Å². The van der Waals surface area contributed by atoms with Crippen molar-refractivity contribution in [3.05, 3.63) is 28.3 Å². The second kappa shape index (κ2) is 3.98. The third kappa shape index (κ3) is 2.05. The summed E-state index contributed by atoms with van der Waals surface area (Å²) in [6.45, 7) is 3.34. The maximum atomic E-state index is 11.5. The molecule has 1 atom stereocenters. The molecule has 0 bridgehead atoms. The Kier molecular flexibility index (Phi) is 3.13. The highest BCUT2D eigenvalue weighted by Gasteiger charge is 2.18. The molecule has 1 aromatic carbocycles. The fraction of sp³-hybridized carbons (Fsp3) is 0.300. The lowest BCUT2D eigenvalue weighted by Crippen LogP contribution is -2.27. The number of carbonyl (C=O) groups is 1. The number of aryl methyl sites for hydroxylation is 1. The highest BCUT2D eigenvalue weighted by Crippen LogP contribution is 2.28. The Morgan fingerprint density at radius 3 is 2.57 bits per heavy atom. The predicted molar refractivity (Wildman–Crippen MR) is 55.8 cm³/mol. The smallest absolute Gasteiger partial charge is 0.184 e. The van der Waals surface area contributed by atoms with Crippen LogP contribution in [-0.2, 0) is 0 Å². The number of halogens is 1. The Bertz CT molecular complexity index is 351. The Balaban J connectivity index is 3.28. The zero-order valence-corrected chi connectivity index (χ0v) is 8.80. The van der Waals surface area contributed by atoms with E-state index in [9.17, 15) is 9.90 Å². The number of benzene rings is 1. The molecule has 1 rings (SSSR count). The van der Waals surface area contributed by atoms with Gasteiger partial charge in [-0.15, -0.1) is 0 Å². The molecule has 0 amide bonds. The summed E-state index contributed by atoms with van der Waals surface area (Å²) in [5.41, 5.74) is 6.33. The first kappa shape index (κ1) is 11.0. The van der Waals surface area contributed by atoms with Crippen LogP contribution in [0.3, 0.4) is 0 Å².